The molecule has 2 N–H and O–H groups in total. The molecule has 0 saturated carbocycles. The molecule has 2 aromatic heterocycles. The Hall–Kier alpha value is -4.00. The number of piperidine rings is 1. The number of amides is 1. The first kappa shape index (κ1) is 20.3. The fraction of sp³-hybridized carbons (Fsp3) is 0.286. The summed E-state index contributed by atoms with van der Waals surface area (Å²) in [6.45, 7) is 4.19. The topological polar surface area (TPSA) is 112 Å². The van der Waals surface area contributed by atoms with Crippen LogP contribution in [0.4, 0.5) is 22.0 Å². The quantitative estimate of drug-likeness (QED) is 0.610. The number of fused-ring (bicyclic) bond motifs is 1. The van der Waals surface area contributed by atoms with Gasteiger partial charge >= 0.3 is 0 Å². The van der Waals surface area contributed by atoms with E-state index in [4.69, 9.17) is 5.26 Å². The number of imidazole rings is 1. The van der Waals surface area contributed by atoms with Crippen LogP contribution < -0.4 is 15.5 Å². The van der Waals surface area contributed by atoms with Crippen molar-refractivity contribution >= 4 is 34.5 Å². The summed E-state index contributed by atoms with van der Waals surface area (Å²) in [7, 11) is 1.88. The van der Waals surface area contributed by atoms with Crippen LogP contribution in [0, 0.1) is 11.3 Å². The number of aryl methyl sites for hydroxylation is 1. The third-order valence-corrected chi connectivity index (χ3v) is 5.11. The summed E-state index contributed by atoms with van der Waals surface area (Å²) < 4.78 is 16.5. The Balaban J connectivity index is 1.55. The lowest BCUT2D eigenvalue weighted by Crippen LogP contribution is -2.48. The predicted octanol–water partition coefficient (Wildman–Crippen LogP) is 2.39. The number of nitrogens with zero attached hydrogens (tertiary/aromatic N) is 6. The van der Waals surface area contributed by atoms with E-state index in [1.807, 2.05) is 28.7 Å². The first-order valence-electron chi connectivity index (χ1n) is 9.74. The van der Waals surface area contributed by atoms with Crippen molar-refractivity contribution in [2.75, 3.05) is 28.6 Å². The van der Waals surface area contributed by atoms with Crippen LogP contribution in [-0.4, -0.2) is 50.7 Å². The summed E-state index contributed by atoms with van der Waals surface area (Å²) >= 11 is 0. The third-order valence-electron chi connectivity index (χ3n) is 5.11. The largest absolute Gasteiger partial charge is 0.350 e. The van der Waals surface area contributed by atoms with Crippen molar-refractivity contribution < 1.29 is 9.18 Å². The lowest BCUT2D eigenvalue weighted by molar-refractivity contribution is -0.111. The number of anilines is 3. The lowest BCUT2D eigenvalue weighted by atomic mass is 10.0. The van der Waals surface area contributed by atoms with Gasteiger partial charge in [-0.25, -0.2) is 19.3 Å². The van der Waals surface area contributed by atoms with Crippen LogP contribution >= 0.6 is 0 Å². The summed E-state index contributed by atoms with van der Waals surface area (Å²) in [5, 5.41) is 14.7. The molecule has 1 aliphatic rings. The van der Waals surface area contributed by atoms with Crippen LogP contribution in [0.2, 0.25) is 0 Å². The molecule has 3 aromatic rings. The summed E-state index contributed by atoms with van der Waals surface area (Å²) in [5.74, 6) is 0.688. The highest BCUT2D eigenvalue weighted by molar-refractivity contribution is 6.00. The molecule has 9 nitrogen and oxygen atoms in total. The van der Waals surface area contributed by atoms with Crippen molar-refractivity contribution in [3.8, 4) is 6.07 Å². The van der Waals surface area contributed by atoms with Crippen molar-refractivity contribution in [2.24, 2.45) is 7.05 Å². The van der Waals surface area contributed by atoms with Gasteiger partial charge in [0.25, 0.3) is 0 Å². The molecule has 2 atom stereocenters. The number of nitriles is 1. The molecule has 0 aliphatic carbocycles. The van der Waals surface area contributed by atoms with E-state index in [1.165, 1.54) is 18.5 Å². The summed E-state index contributed by atoms with van der Waals surface area (Å²) in [6, 6.07) is 7.17. The molecule has 1 amide bonds. The molecular weight excluding hydrogens is 399 g/mol. The van der Waals surface area contributed by atoms with E-state index in [9.17, 15) is 9.18 Å². The number of halogens is 1. The van der Waals surface area contributed by atoms with Gasteiger partial charge < -0.3 is 20.1 Å². The molecule has 158 valence electrons. The van der Waals surface area contributed by atoms with Gasteiger partial charge in [0.2, 0.25) is 17.8 Å². The fourth-order valence-corrected chi connectivity index (χ4v) is 3.69. The average Bonchev–Trinajstić information content (AvgIpc) is 3.09. The number of carbonyl (C=O) groups is 1. The Bertz CT molecular complexity index is 1170. The molecule has 1 saturated heterocycles. The molecule has 1 fully saturated rings. The molecule has 1 aliphatic heterocycles. The van der Waals surface area contributed by atoms with Gasteiger partial charge in [-0.1, -0.05) is 6.58 Å². The van der Waals surface area contributed by atoms with Gasteiger partial charge in [-0.15, -0.1) is 0 Å². The van der Waals surface area contributed by atoms with E-state index in [2.05, 4.69) is 32.2 Å². The van der Waals surface area contributed by atoms with E-state index >= 15 is 0 Å². The van der Waals surface area contributed by atoms with Gasteiger partial charge in [0, 0.05) is 31.7 Å². The SMILES string of the molecule is C=CC(=O)Nc1ccc2c(c1)nc(N1C[C@H](F)C[C@@H](Nc3ncc(C#N)cn3)C1)n2C. The minimum absolute atomic E-state index is 0.223. The van der Waals surface area contributed by atoms with Crippen molar-refractivity contribution in [1.82, 2.24) is 19.5 Å². The minimum Gasteiger partial charge on any atom is -0.350 e. The zero-order valence-electron chi connectivity index (χ0n) is 16.9. The van der Waals surface area contributed by atoms with Gasteiger partial charge in [0.1, 0.15) is 12.2 Å². The average molecular weight is 420 g/mol. The molecule has 1 aromatic carbocycles. The number of aromatic nitrogens is 4. The van der Waals surface area contributed by atoms with Crippen LogP contribution in [0.5, 0.6) is 0 Å². The molecule has 10 heteroatoms. The summed E-state index contributed by atoms with van der Waals surface area (Å²) in [6.07, 6.45) is 3.33. The number of benzene rings is 1. The molecule has 0 radical (unpaired) electrons. The van der Waals surface area contributed by atoms with Crippen molar-refractivity contribution in [3.63, 3.8) is 0 Å². The normalized spacial score (nSPS) is 18.4. The van der Waals surface area contributed by atoms with E-state index in [0.717, 1.165) is 5.52 Å². The highest BCUT2D eigenvalue weighted by atomic mass is 19.1. The molecule has 0 bridgehead atoms. The van der Waals surface area contributed by atoms with Gasteiger partial charge in [-0.05, 0) is 24.3 Å². The summed E-state index contributed by atoms with van der Waals surface area (Å²) in [5.41, 5.74) is 2.54. The number of alkyl halides is 1. The minimum atomic E-state index is -1.05. The van der Waals surface area contributed by atoms with E-state index < -0.39 is 6.17 Å². The molecule has 0 spiro atoms. The number of hydrogen-bond donors (Lipinski definition) is 2. The number of carbonyl (C=O) groups excluding carboxylic acids is 1. The number of rotatable bonds is 5. The molecule has 31 heavy (non-hydrogen) atoms. The highest BCUT2D eigenvalue weighted by Crippen LogP contribution is 2.27. The van der Waals surface area contributed by atoms with Gasteiger partial charge in [-0.2, -0.15) is 5.26 Å². The molecule has 3 heterocycles. The second-order valence-corrected chi connectivity index (χ2v) is 7.35. The maximum Gasteiger partial charge on any atom is 0.247 e. The molecular formula is C21H21FN8O. The maximum absolute atomic E-state index is 14.6. The van der Waals surface area contributed by atoms with E-state index in [-0.39, 0.29) is 18.5 Å². The Morgan fingerprint density at radius 2 is 2.13 bits per heavy atom. The predicted molar refractivity (Wildman–Crippen MR) is 115 cm³/mol. The maximum atomic E-state index is 14.6. The zero-order valence-corrected chi connectivity index (χ0v) is 16.9. The molecule has 4 rings (SSSR count). The van der Waals surface area contributed by atoms with Gasteiger partial charge in [0.05, 0.1) is 35.5 Å². The van der Waals surface area contributed by atoms with Gasteiger partial charge in [-0.3, -0.25) is 4.79 Å². The smallest absolute Gasteiger partial charge is 0.247 e. The first-order chi connectivity index (χ1) is 15.0. The standard InChI is InChI=1S/C21H21FN8O/c1-3-19(31)26-15-4-5-18-17(7-15)28-21(29(18)2)30-11-14(22)6-16(12-30)27-20-24-9-13(8-23)10-25-20/h3-5,7,9-10,14,16H,1,6,11-12H2,2H3,(H,26,31)(H,24,25,27)/t14-,16-/m1/s1. The van der Waals surface area contributed by atoms with Crippen LogP contribution in [0.3, 0.4) is 0 Å². The van der Waals surface area contributed by atoms with Crippen molar-refractivity contribution in [2.45, 2.75) is 18.6 Å². The lowest BCUT2D eigenvalue weighted by Gasteiger charge is -2.35. The Labute approximate surface area is 178 Å². The monoisotopic (exact) mass is 420 g/mol. The first-order valence-corrected chi connectivity index (χ1v) is 9.74. The van der Waals surface area contributed by atoms with Gasteiger partial charge in [0.15, 0.2) is 0 Å². The zero-order chi connectivity index (χ0) is 22.0. The fourth-order valence-electron chi connectivity index (χ4n) is 3.69. The Morgan fingerprint density at radius 1 is 1.35 bits per heavy atom. The number of hydrogen-bond acceptors (Lipinski definition) is 7. The van der Waals surface area contributed by atoms with Crippen LogP contribution in [0.1, 0.15) is 12.0 Å². The van der Waals surface area contributed by atoms with Crippen molar-refractivity contribution in [3.05, 3.63) is 48.8 Å². The van der Waals surface area contributed by atoms with E-state index in [1.54, 1.807) is 12.1 Å². The highest BCUT2D eigenvalue weighted by Gasteiger charge is 2.30. The summed E-state index contributed by atoms with van der Waals surface area (Å²) in [4.78, 5) is 26.3. The van der Waals surface area contributed by atoms with Crippen LogP contribution in [0.25, 0.3) is 11.0 Å². The Kier molecular flexibility index (Phi) is 5.49. The third kappa shape index (κ3) is 4.30. The second-order valence-electron chi connectivity index (χ2n) is 7.35. The van der Waals surface area contributed by atoms with Crippen molar-refractivity contribution in [1.29, 1.82) is 5.26 Å². The van der Waals surface area contributed by atoms with Crippen LogP contribution in [-0.2, 0) is 11.8 Å². The Morgan fingerprint density at radius 3 is 2.84 bits per heavy atom. The van der Waals surface area contributed by atoms with Crippen LogP contribution in [0.15, 0.2) is 43.2 Å². The second kappa shape index (κ2) is 8.39. The molecule has 0 unspecified atom stereocenters. The number of nitrogens with one attached hydrogen (secondary N) is 2. The van der Waals surface area contributed by atoms with E-state index in [0.29, 0.717) is 41.6 Å².